The van der Waals surface area contributed by atoms with Crippen molar-refractivity contribution in [2.24, 2.45) is 5.92 Å². The Morgan fingerprint density at radius 1 is 1.27 bits per heavy atom. The predicted octanol–water partition coefficient (Wildman–Crippen LogP) is 0.871. The van der Waals surface area contributed by atoms with Crippen LogP contribution in [0.2, 0.25) is 0 Å². The van der Waals surface area contributed by atoms with Gasteiger partial charge in [-0.05, 0) is 12.3 Å². The fourth-order valence-corrected chi connectivity index (χ4v) is 4.47. The Hall–Kier alpha value is -1.51. The zero-order chi connectivity index (χ0) is 17.9. The van der Waals surface area contributed by atoms with Gasteiger partial charge in [-0.2, -0.15) is 0 Å². The Bertz CT molecular complexity index is 616. The van der Waals surface area contributed by atoms with Crippen LogP contribution in [0.1, 0.15) is 43.8 Å². The number of carbonyl (C=O) groups is 1. The zero-order valence-corrected chi connectivity index (χ0v) is 15.3. The molecule has 0 bridgehead atoms. The third kappa shape index (κ3) is 3.77. The van der Waals surface area contributed by atoms with Gasteiger partial charge < -0.3 is 19.5 Å². The van der Waals surface area contributed by atoms with Crippen LogP contribution in [0.15, 0.2) is 6.20 Å². The van der Waals surface area contributed by atoms with Gasteiger partial charge in [0.2, 0.25) is 5.91 Å². The van der Waals surface area contributed by atoms with E-state index in [-0.39, 0.29) is 36.8 Å². The molecule has 1 saturated carbocycles. The van der Waals surface area contributed by atoms with Crippen LogP contribution in [0.5, 0.6) is 0 Å². The monoisotopic (exact) mass is 364 g/mol. The maximum absolute atomic E-state index is 11.8. The van der Waals surface area contributed by atoms with Crippen LogP contribution in [0.4, 0.5) is 0 Å². The maximum Gasteiger partial charge on any atom is 0.246 e. The van der Waals surface area contributed by atoms with E-state index in [4.69, 9.17) is 14.2 Å². The first-order valence-corrected chi connectivity index (χ1v) is 9.67. The summed E-state index contributed by atoms with van der Waals surface area (Å²) in [6, 6.07) is -0.130. The van der Waals surface area contributed by atoms with E-state index in [0.717, 1.165) is 18.0 Å². The second-order valence-electron chi connectivity index (χ2n) is 7.67. The number of rotatable bonds is 6. The first-order chi connectivity index (χ1) is 12.7. The van der Waals surface area contributed by atoms with Crippen LogP contribution in [0.3, 0.4) is 0 Å². The number of nitrogens with one attached hydrogen (secondary N) is 1. The topological polar surface area (TPSA) is 87.5 Å². The molecule has 2 saturated heterocycles. The summed E-state index contributed by atoms with van der Waals surface area (Å²) >= 11 is 0. The lowest BCUT2D eigenvalue weighted by molar-refractivity contribution is -0.126. The van der Waals surface area contributed by atoms with Crippen molar-refractivity contribution in [3.8, 4) is 0 Å². The van der Waals surface area contributed by atoms with Crippen molar-refractivity contribution in [2.45, 2.75) is 62.8 Å². The highest BCUT2D eigenvalue weighted by atomic mass is 16.6. The van der Waals surface area contributed by atoms with Crippen LogP contribution in [-0.2, 0) is 25.4 Å². The Labute approximate surface area is 153 Å². The first kappa shape index (κ1) is 17.9. The van der Waals surface area contributed by atoms with Gasteiger partial charge >= 0.3 is 0 Å². The Morgan fingerprint density at radius 2 is 2.08 bits per heavy atom. The summed E-state index contributed by atoms with van der Waals surface area (Å²) in [4.78, 5) is 11.8. The van der Waals surface area contributed by atoms with E-state index in [1.807, 2.05) is 10.9 Å². The molecule has 0 unspecified atom stereocenters. The lowest BCUT2D eigenvalue weighted by Crippen LogP contribution is -2.45. The number of aromatic nitrogens is 3. The van der Waals surface area contributed by atoms with E-state index in [0.29, 0.717) is 13.2 Å². The Kier molecular flexibility index (Phi) is 5.52. The largest absolute Gasteiger partial charge is 0.375 e. The molecule has 1 N–H and O–H groups in total. The number of ether oxygens (including phenoxy) is 3. The summed E-state index contributed by atoms with van der Waals surface area (Å²) in [5, 5.41) is 11.6. The van der Waals surface area contributed by atoms with E-state index in [9.17, 15) is 4.79 Å². The van der Waals surface area contributed by atoms with Crippen molar-refractivity contribution >= 4 is 5.91 Å². The molecule has 4 atom stereocenters. The van der Waals surface area contributed by atoms with Gasteiger partial charge in [0.1, 0.15) is 24.9 Å². The molecular weight excluding hydrogens is 336 g/mol. The second kappa shape index (κ2) is 8.02. The average Bonchev–Trinajstić information content (AvgIpc) is 3.34. The molecule has 8 heteroatoms. The van der Waals surface area contributed by atoms with Crippen LogP contribution in [0.25, 0.3) is 0 Å². The minimum atomic E-state index is -0.149. The normalized spacial score (nSPS) is 31.9. The minimum absolute atomic E-state index is 0.0110. The van der Waals surface area contributed by atoms with Crippen molar-refractivity contribution in [3.05, 3.63) is 11.9 Å². The quantitative estimate of drug-likeness (QED) is 0.806. The van der Waals surface area contributed by atoms with Crippen molar-refractivity contribution < 1.29 is 19.0 Å². The van der Waals surface area contributed by atoms with Gasteiger partial charge in [0.25, 0.3) is 0 Å². The van der Waals surface area contributed by atoms with Gasteiger partial charge in [0, 0.05) is 13.3 Å². The van der Waals surface area contributed by atoms with Crippen molar-refractivity contribution in [2.75, 3.05) is 26.9 Å². The molecule has 26 heavy (non-hydrogen) atoms. The predicted molar refractivity (Wildman–Crippen MR) is 92.6 cm³/mol. The van der Waals surface area contributed by atoms with Gasteiger partial charge in [-0.3, -0.25) is 4.79 Å². The molecule has 1 amide bonds. The third-order valence-corrected chi connectivity index (χ3v) is 5.77. The molecule has 3 fully saturated rings. The summed E-state index contributed by atoms with van der Waals surface area (Å²) < 4.78 is 18.6. The van der Waals surface area contributed by atoms with E-state index < -0.39 is 0 Å². The third-order valence-electron chi connectivity index (χ3n) is 5.77. The number of carbonyl (C=O) groups excluding carboxylic acids is 1. The number of nitrogens with zero attached hydrogens (tertiary/aromatic N) is 3. The highest BCUT2D eigenvalue weighted by molar-refractivity contribution is 5.77. The molecular formula is C18H28N4O4. The van der Waals surface area contributed by atoms with Gasteiger partial charge in [-0.25, -0.2) is 4.68 Å². The van der Waals surface area contributed by atoms with Gasteiger partial charge in [0.15, 0.2) is 0 Å². The molecule has 4 rings (SSSR count). The molecule has 0 aromatic carbocycles. The summed E-state index contributed by atoms with van der Waals surface area (Å²) in [5.74, 6) is 0.592. The maximum atomic E-state index is 11.8. The minimum Gasteiger partial charge on any atom is -0.375 e. The number of fused-ring (bicyclic) bond motifs is 1. The second-order valence-corrected chi connectivity index (χ2v) is 7.67. The van der Waals surface area contributed by atoms with E-state index in [1.165, 1.54) is 39.2 Å². The van der Waals surface area contributed by atoms with Crippen molar-refractivity contribution in [3.63, 3.8) is 0 Å². The lowest BCUT2D eigenvalue weighted by Gasteiger charge is -2.20. The Morgan fingerprint density at radius 3 is 2.88 bits per heavy atom. The van der Waals surface area contributed by atoms with Crippen molar-refractivity contribution in [1.82, 2.24) is 20.3 Å². The van der Waals surface area contributed by atoms with Crippen LogP contribution < -0.4 is 5.32 Å². The summed E-state index contributed by atoms with van der Waals surface area (Å²) in [6.07, 6.45) is 9.45. The van der Waals surface area contributed by atoms with Crippen LogP contribution in [-0.4, -0.2) is 66.1 Å². The van der Waals surface area contributed by atoms with Crippen LogP contribution >= 0.6 is 0 Å². The van der Waals surface area contributed by atoms with Crippen molar-refractivity contribution in [1.29, 1.82) is 0 Å². The molecule has 0 spiro atoms. The van der Waals surface area contributed by atoms with E-state index in [1.54, 1.807) is 0 Å². The summed E-state index contributed by atoms with van der Waals surface area (Å²) in [7, 11) is 1.51. The fourth-order valence-electron chi connectivity index (χ4n) is 4.47. The first-order valence-electron chi connectivity index (χ1n) is 9.67. The molecule has 3 heterocycles. The lowest BCUT2D eigenvalue weighted by atomic mass is 9.86. The smallest absolute Gasteiger partial charge is 0.246 e. The SMILES string of the molecule is COCC(=O)N[C@@H]1CO[C@@H]2[C@@H]1OC[C@@H]2n1cc(CC2CCCCC2)nn1. The molecule has 3 aliphatic rings. The highest BCUT2D eigenvalue weighted by Crippen LogP contribution is 2.34. The van der Waals surface area contributed by atoms with Gasteiger partial charge in [0.05, 0.1) is 24.9 Å². The number of hydrogen-bond acceptors (Lipinski definition) is 6. The summed E-state index contributed by atoms with van der Waals surface area (Å²) in [5.41, 5.74) is 1.06. The van der Waals surface area contributed by atoms with Gasteiger partial charge in [-0.15, -0.1) is 5.10 Å². The standard InChI is InChI=1S/C18H28N4O4/c1-24-11-16(23)19-14-9-25-18-15(10-26-17(14)18)22-8-13(20-21-22)7-12-5-3-2-4-6-12/h8,12,14-15,17-18H,2-7,9-11H2,1H3,(H,19,23)/t14-,15+,17-,18+/m1/s1. The zero-order valence-electron chi connectivity index (χ0n) is 15.3. The summed E-state index contributed by atoms with van der Waals surface area (Å²) in [6.45, 7) is 1.02. The Balaban J connectivity index is 1.35. The van der Waals surface area contributed by atoms with E-state index >= 15 is 0 Å². The molecule has 2 aliphatic heterocycles. The molecule has 0 radical (unpaired) electrons. The molecule has 1 aromatic rings. The molecule has 144 valence electrons. The fraction of sp³-hybridized carbons (Fsp3) is 0.833. The average molecular weight is 364 g/mol. The van der Waals surface area contributed by atoms with Crippen LogP contribution in [0, 0.1) is 5.92 Å². The molecule has 8 nitrogen and oxygen atoms in total. The molecule has 1 aliphatic carbocycles. The number of hydrogen-bond donors (Lipinski definition) is 1. The number of methoxy groups -OCH3 is 1. The molecule has 1 aromatic heterocycles. The number of amides is 1. The highest BCUT2D eigenvalue weighted by Gasteiger charge is 2.49. The van der Waals surface area contributed by atoms with Gasteiger partial charge in [-0.1, -0.05) is 37.3 Å². The van der Waals surface area contributed by atoms with E-state index in [2.05, 4.69) is 15.6 Å².